The summed E-state index contributed by atoms with van der Waals surface area (Å²) in [5.74, 6) is 5.43. The Morgan fingerprint density at radius 2 is 2.14 bits per heavy atom. The summed E-state index contributed by atoms with van der Waals surface area (Å²) in [5, 5.41) is 9.03. The molecular weight excluding hydrogens is 244 g/mol. The molecule has 0 atom stereocenters. The number of hydrogen-bond acceptors (Lipinski definition) is 4. The van der Waals surface area contributed by atoms with Gasteiger partial charge < -0.3 is 5.43 Å². The Kier molecular flexibility index (Phi) is 2.35. The predicted octanol–water partition coefficient (Wildman–Crippen LogP) is 1.99. The molecule has 2 rings (SSSR count). The first-order valence-electron chi connectivity index (χ1n) is 4.11. The van der Waals surface area contributed by atoms with Crippen LogP contribution in [0.2, 0.25) is 0 Å². The molecule has 0 aliphatic heterocycles. The Balaban J connectivity index is 2.84. The molecule has 0 saturated carbocycles. The average Bonchev–Trinajstić information content (AvgIpc) is 2.17. The fraction of sp³-hybridized carbons (Fsp3) is 0.111. The van der Waals surface area contributed by atoms with Gasteiger partial charge in [-0.3, -0.25) is 5.84 Å². The fourth-order valence-electron chi connectivity index (χ4n) is 1.35. The average molecular weight is 253 g/mol. The summed E-state index contributed by atoms with van der Waals surface area (Å²) < 4.78 is 0.994. The molecule has 72 valence electrons. The minimum Gasteiger partial charge on any atom is -0.322 e. The molecule has 5 heteroatoms. The monoisotopic (exact) mass is 252 g/mol. The van der Waals surface area contributed by atoms with Crippen molar-refractivity contribution in [2.45, 2.75) is 6.92 Å². The van der Waals surface area contributed by atoms with Gasteiger partial charge in [0, 0.05) is 9.86 Å². The second-order valence-electron chi connectivity index (χ2n) is 2.97. The number of anilines is 1. The third-order valence-corrected chi connectivity index (χ3v) is 2.54. The molecule has 0 amide bonds. The first-order chi connectivity index (χ1) is 6.72. The molecule has 0 unspecified atom stereocenters. The van der Waals surface area contributed by atoms with Crippen LogP contribution in [0.15, 0.2) is 22.7 Å². The first kappa shape index (κ1) is 9.36. The molecule has 2 aromatic rings. The van der Waals surface area contributed by atoms with Gasteiger partial charge >= 0.3 is 0 Å². The highest BCUT2D eigenvalue weighted by Gasteiger charge is 2.05. The van der Waals surface area contributed by atoms with Gasteiger partial charge in [0.1, 0.15) is 0 Å². The minimum absolute atomic E-state index is 0.790. The zero-order chi connectivity index (χ0) is 10.1. The highest BCUT2D eigenvalue weighted by Crippen LogP contribution is 2.25. The summed E-state index contributed by atoms with van der Waals surface area (Å²) in [6.45, 7) is 1.86. The van der Waals surface area contributed by atoms with Crippen LogP contribution in [0, 0.1) is 6.92 Å². The Morgan fingerprint density at radius 1 is 1.36 bits per heavy atom. The maximum Gasteiger partial charge on any atom is 0.0951 e. The van der Waals surface area contributed by atoms with E-state index < -0.39 is 0 Å². The van der Waals surface area contributed by atoms with Gasteiger partial charge in [-0.05, 0) is 25.1 Å². The van der Waals surface area contributed by atoms with Crippen LogP contribution in [0.3, 0.4) is 0 Å². The Morgan fingerprint density at radius 3 is 2.86 bits per heavy atom. The van der Waals surface area contributed by atoms with Crippen molar-refractivity contribution >= 4 is 32.5 Å². The molecule has 0 spiro atoms. The van der Waals surface area contributed by atoms with Crippen molar-refractivity contribution in [2.75, 3.05) is 5.43 Å². The lowest BCUT2D eigenvalue weighted by atomic mass is 10.2. The Labute approximate surface area is 89.6 Å². The number of rotatable bonds is 1. The van der Waals surface area contributed by atoms with E-state index in [2.05, 4.69) is 31.6 Å². The second kappa shape index (κ2) is 3.51. The standard InChI is InChI=1S/C9H9BrN4/c1-5-9(12-11)7-4-6(10)2-3-8(7)14-13-5/h2-4H,11H2,1H3,(H,12,14). The van der Waals surface area contributed by atoms with Gasteiger partial charge in [0.25, 0.3) is 0 Å². The molecule has 3 N–H and O–H groups in total. The van der Waals surface area contributed by atoms with Crippen molar-refractivity contribution in [3.63, 3.8) is 0 Å². The van der Waals surface area contributed by atoms with Crippen LogP contribution in [0.1, 0.15) is 5.69 Å². The number of nitrogen functional groups attached to an aromatic ring is 1. The van der Waals surface area contributed by atoms with Crippen molar-refractivity contribution in [1.29, 1.82) is 0 Å². The van der Waals surface area contributed by atoms with Gasteiger partial charge in [-0.15, -0.1) is 0 Å². The van der Waals surface area contributed by atoms with Gasteiger partial charge in [-0.25, -0.2) is 0 Å². The minimum atomic E-state index is 0.790. The van der Waals surface area contributed by atoms with Crippen molar-refractivity contribution < 1.29 is 0 Å². The van der Waals surface area contributed by atoms with E-state index in [0.717, 1.165) is 26.8 Å². The summed E-state index contributed by atoms with van der Waals surface area (Å²) in [6, 6.07) is 5.78. The van der Waals surface area contributed by atoms with E-state index in [1.807, 2.05) is 25.1 Å². The van der Waals surface area contributed by atoms with E-state index >= 15 is 0 Å². The molecule has 0 aliphatic rings. The predicted molar refractivity (Wildman–Crippen MR) is 59.8 cm³/mol. The van der Waals surface area contributed by atoms with E-state index in [-0.39, 0.29) is 0 Å². The molecule has 0 bridgehead atoms. The maximum absolute atomic E-state index is 5.43. The van der Waals surface area contributed by atoms with E-state index in [0.29, 0.717) is 0 Å². The molecule has 1 aromatic carbocycles. The van der Waals surface area contributed by atoms with Gasteiger partial charge in [0.2, 0.25) is 0 Å². The first-order valence-corrected chi connectivity index (χ1v) is 4.91. The van der Waals surface area contributed by atoms with E-state index in [1.165, 1.54) is 0 Å². The number of hydrogen-bond donors (Lipinski definition) is 2. The van der Waals surface area contributed by atoms with Gasteiger partial charge in [-0.2, -0.15) is 10.2 Å². The molecular formula is C9H9BrN4. The quantitative estimate of drug-likeness (QED) is 0.602. The second-order valence-corrected chi connectivity index (χ2v) is 3.88. The van der Waals surface area contributed by atoms with Crippen LogP contribution < -0.4 is 11.3 Å². The van der Waals surface area contributed by atoms with Crippen molar-refractivity contribution in [3.8, 4) is 0 Å². The lowest BCUT2D eigenvalue weighted by molar-refractivity contribution is 1.01. The van der Waals surface area contributed by atoms with Crippen LogP contribution >= 0.6 is 15.9 Å². The maximum atomic E-state index is 5.43. The summed E-state index contributed by atoms with van der Waals surface area (Å²) in [5.41, 5.74) is 5.07. The van der Waals surface area contributed by atoms with Crippen molar-refractivity contribution in [3.05, 3.63) is 28.4 Å². The number of nitrogens with two attached hydrogens (primary N) is 1. The molecule has 4 nitrogen and oxygen atoms in total. The van der Waals surface area contributed by atoms with Crippen molar-refractivity contribution in [1.82, 2.24) is 10.2 Å². The normalized spacial score (nSPS) is 10.5. The number of aromatic nitrogens is 2. The molecule has 0 fully saturated rings. The molecule has 1 aromatic heterocycles. The Bertz CT molecular complexity index is 478. The number of hydrazine groups is 1. The molecule has 0 saturated heterocycles. The van der Waals surface area contributed by atoms with Crippen molar-refractivity contribution in [2.24, 2.45) is 5.84 Å². The number of fused-ring (bicyclic) bond motifs is 1. The number of halogens is 1. The summed E-state index contributed by atoms with van der Waals surface area (Å²) in [7, 11) is 0. The SMILES string of the molecule is Cc1nnc2ccc(Br)cc2c1NN. The number of aryl methyl sites for hydroxylation is 1. The highest BCUT2D eigenvalue weighted by molar-refractivity contribution is 9.10. The summed E-state index contributed by atoms with van der Waals surface area (Å²) >= 11 is 3.40. The number of nitrogens with one attached hydrogen (secondary N) is 1. The molecule has 14 heavy (non-hydrogen) atoms. The summed E-state index contributed by atoms with van der Waals surface area (Å²) in [6.07, 6.45) is 0. The topological polar surface area (TPSA) is 63.8 Å². The van der Waals surface area contributed by atoms with Crippen LogP contribution in [-0.4, -0.2) is 10.2 Å². The van der Waals surface area contributed by atoms with E-state index in [9.17, 15) is 0 Å². The van der Waals surface area contributed by atoms with Gasteiger partial charge in [-0.1, -0.05) is 15.9 Å². The van der Waals surface area contributed by atoms with Gasteiger partial charge in [0.05, 0.1) is 16.9 Å². The third kappa shape index (κ3) is 1.44. The van der Waals surface area contributed by atoms with Gasteiger partial charge in [0.15, 0.2) is 0 Å². The lowest BCUT2D eigenvalue weighted by Crippen LogP contribution is -2.10. The summed E-state index contributed by atoms with van der Waals surface area (Å²) in [4.78, 5) is 0. The molecule has 0 aliphatic carbocycles. The zero-order valence-corrected chi connectivity index (χ0v) is 9.17. The third-order valence-electron chi connectivity index (χ3n) is 2.04. The smallest absolute Gasteiger partial charge is 0.0951 e. The zero-order valence-electron chi connectivity index (χ0n) is 7.58. The fourth-order valence-corrected chi connectivity index (χ4v) is 1.71. The molecule has 0 radical (unpaired) electrons. The number of benzene rings is 1. The Hall–Kier alpha value is -1.20. The number of nitrogens with zero attached hydrogens (tertiary/aromatic N) is 2. The lowest BCUT2D eigenvalue weighted by Gasteiger charge is -2.07. The highest BCUT2D eigenvalue weighted by atomic mass is 79.9. The molecule has 1 heterocycles. The van der Waals surface area contributed by atoms with Crippen LogP contribution in [0.25, 0.3) is 10.9 Å². The van der Waals surface area contributed by atoms with E-state index in [1.54, 1.807) is 0 Å². The van der Waals surface area contributed by atoms with Crippen LogP contribution in [0.4, 0.5) is 5.69 Å². The van der Waals surface area contributed by atoms with E-state index in [4.69, 9.17) is 5.84 Å². The van der Waals surface area contributed by atoms with Crippen LogP contribution in [0.5, 0.6) is 0 Å². The largest absolute Gasteiger partial charge is 0.322 e. The van der Waals surface area contributed by atoms with Crippen LogP contribution in [-0.2, 0) is 0 Å².